The van der Waals surface area contributed by atoms with Crippen molar-refractivity contribution in [3.05, 3.63) is 0 Å². The van der Waals surface area contributed by atoms with Gasteiger partial charge in [-0.2, -0.15) is 0 Å². The molecule has 25 heavy (non-hydrogen) atoms. The van der Waals surface area contributed by atoms with Gasteiger partial charge in [0.2, 0.25) is 0 Å². The quantitative estimate of drug-likeness (QED) is 0.270. The predicted octanol–water partition coefficient (Wildman–Crippen LogP) is 8.55. The van der Waals surface area contributed by atoms with Crippen molar-refractivity contribution >= 4 is 0 Å². The second-order valence-corrected chi connectivity index (χ2v) is 9.40. The molecule has 0 spiro atoms. The van der Waals surface area contributed by atoms with Gasteiger partial charge in [0, 0.05) is 0 Å². The minimum Gasteiger partial charge on any atom is -0.369 e. The maximum Gasteiger partial charge on any atom is 0.0664 e. The standard InChI is InChI=1S/C24H50O/c1-9-13-17-23(7,19-21(5)15-11-3)25-24(8,18-14-10-2)20-22(6)16-12-4/h21-22H,9-20H2,1-8H3. The molecule has 4 atom stereocenters. The van der Waals surface area contributed by atoms with Crippen LogP contribution in [0.1, 0.15) is 132 Å². The lowest BCUT2D eigenvalue weighted by atomic mass is 9.82. The molecule has 0 aromatic carbocycles. The van der Waals surface area contributed by atoms with Crippen LogP contribution in [0, 0.1) is 11.8 Å². The maximum atomic E-state index is 7.06. The highest BCUT2D eigenvalue weighted by molar-refractivity contribution is 4.86. The Bertz CT molecular complexity index is 283. The average molecular weight is 355 g/mol. The number of hydrogen-bond acceptors (Lipinski definition) is 1. The first-order chi connectivity index (χ1) is 11.7. The molecule has 152 valence electrons. The molecule has 0 aromatic heterocycles. The van der Waals surface area contributed by atoms with Gasteiger partial charge < -0.3 is 4.74 Å². The summed E-state index contributed by atoms with van der Waals surface area (Å²) in [5, 5.41) is 0. The summed E-state index contributed by atoms with van der Waals surface area (Å²) in [5.41, 5.74) is 0.0814. The Morgan fingerprint density at radius 1 is 0.640 bits per heavy atom. The summed E-state index contributed by atoms with van der Waals surface area (Å²) in [6.45, 7) is 18.9. The van der Waals surface area contributed by atoms with Crippen LogP contribution in [-0.2, 0) is 4.74 Å². The molecule has 0 aliphatic carbocycles. The van der Waals surface area contributed by atoms with Crippen LogP contribution in [-0.4, -0.2) is 11.2 Å². The van der Waals surface area contributed by atoms with Crippen LogP contribution >= 0.6 is 0 Å². The maximum absolute atomic E-state index is 7.06. The van der Waals surface area contributed by atoms with Gasteiger partial charge in [0.15, 0.2) is 0 Å². The molecule has 0 aliphatic heterocycles. The summed E-state index contributed by atoms with van der Waals surface area (Å²) in [6.07, 6.45) is 15.1. The van der Waals surface area contributed by atoms with Crippen molar-refractivity contribution in [1.82, 2.24) is 0 Å². The summed E-state index contributed by atoms with van der Waals surface area (Å²) in [5.74, 6) is 1.52. The monoisotopic (exact) mass is 354 g/mol. The van der Waals surface area contributed by atoms with Gasteiger partial charge in [-0.05, 0) is 51.4 Å². The molecule has 0 saturated heterocycles. The van der Waals surface area contributed by atoms with E-state index in [1.807, 2.05) is 0 Å². The van der Waals surface area contributed by atoms with E-state index in [9.17, 15) is 0 Å². The summed E-state index contributed by atoms with van der Waals surface area (Å²) < 4.78 is 7.06. The molecule has 1 nitrogen and oxygen atoms in total. The Kier molecular flexibility index (Phi) is 13.2. The smallest absolute Gasteiger partial charge is 0.0664 e. The molecular formula is C24H50O. The van der Waals surface area contributed by atoms with Crippen LogP contribution in [0.3, 0.4) is 0 Å². The molecule has 0 bridgehead atoms. The molecule has 0 N–H and O–H groups in total. The van der Waals surface area contributed by atoms with E-state index < -0.39 is 0 Å². The summed E-state index contributed by atoms with van der Waals surface area (Å²) >= 11 is 0. The van der Waals surface area contributed by atoms with Gasteiger partial charge in [-0.1, -0.05) is 92.9 Å². The summed E-state index contributed by atoms with van der Waals surface area (Å²) in [4.78, 5) is 0. The van der Waals surface area contributed by atoms with Crippen LogP contribution in [0.15, 0.2) is 0 Å². The van der Waals surface area contributed by atoms with E-state index in [1.165, 1.54) is 77.0 Å². The summed E-state index contributed by atoms with van der Waals surface area (Å²) in [6, 6.07) is 0. The number of hydrogen-bond donors (Lipinski definition) is 0. The molecule has 0 saturated carbocycles. The Hall–Kier alpha value is -0.0400. The van der Waals surface area contributed by atoms with Gasteiger partial charge in [-0.15, -0.1) is 0 Å². The second-order valence-electron chi connectivity index (χ2n) is 9.40. The lowest BCUT2D eigenvalue weighted by molar-refractivity contribution is -0.165. The normalized spacial score (nSPS) is 19.2. The zero-order valence-electron chi connectivity index (χ0n) is 19.0. The minimum absolute atomic E-state index is 0.0407. The average Bonchev–Trinajstić information content (AvgIpc) is 2.51. The fourth-order valence-electron chi connectivity index (χ4n) is 4.75. The van der Waals surface area contributed by atoms with Crippen LogP contribution < -0.4 is 0 Å². The van der Waals surface area contributed by atoms with E-state index in [1.54, 1.807) is 0 Å². The highest BCUT2D eigenvalue weighted by Crippen LogP contribution is 2.38. The number of ether oxygens (including phenoxy) is 1. The van der Waals surface area contributed by atoms with Crippen molar-refractivity contribution in [2.24, 2.45) is 11.8 Å². The minimum atomic E-state index is 0.0407. The zero-order chi connectivity index (χ0) is 19.3. The number of unbranched alkanes of at least 4 members (excludes halogenated alkanes) is 2. The van der Waals surface area contributed by atoms with Crippen molar-refractivity contribution < 1.29 is 4.74 Å². The molecule has 0 aromatic rings. The van der Waals surface area contributed by atoms with Gasteiger partial charge in [0.05, 0.1) is 11.2 Å². The molecule has 4 unspecified atom stereocenters. The molecule has 0 rings (SSSR count). The fourth-order valence-corrected chi connectivity index (χ4v) is 4.75. The first-order valence-corrected chi connectivity index (χ1v) is 11.4. The first kappa shape index (κ1) is 25.0. The molecule has 0 heterocycles. The van der Waals surface area contributed by atoms with E-state index >= 15 is 0 Å². The van der Waals surface area contributed by atoms with Crippen LogP contribution in [0.2, 0.25) is 0 Å². The highest BCUT2D eigenvalue weighted by Gasteiger charge is 2.37. The van der Waals surface area contributed by atoms with Gasteiger partial charge in [-0.3, -0.25) is 0 Å². The molecule has 0 amide bonds. The van der Waals surface area contributed by atoms with Crippen LogP contribution in [0.25, 0.3) is 0 Å². The van der Waals surface area contributed by atoms with E-state index in [0.29, 0.717) is 0 Å². The number of rotatable bonds is 16. The topological polar surface area (TPSA) is 9.23 Å². The molecule has 0 fully saturated rings. The lowest BCUT2D eigenvalue weighted by Gasteiger charge is -2.43. The van der Waals surface area contributed by atoms with E-state index in [-0.39, 0.29) is 11.2 Å². The summed E-state index contributed by atoms with van der Waals surface area (Å²) in [7, 11) is 0. The first-order valence-electron chi connectivity index (χ1n) is 11.4. The predicted molar refractivity (Wildman–Crippen MR) is 114 cm³/mol. The van der Waals surface area contributed by atoms with Crippen molar-refractivity contribution in [2.45, 2.75) is 144 Å². The third-order valence-corrected chi connectivity index (χ3v) is 5.73. The Labute approximate surface area is 160 Å². The Morgan fingerprint density at radius 2 is 1.00 bits per heavy atom. The lowest BCUT2D eigenvalue weighted by Crippen LogP contribution is -2.43. The van der Waals surface area contributed by atoms with Crippen molar-refractivity contribution in [3.63, 3.8) is 0 Å². The fraction of sp³-hybridized carbons (Fsp3) is 1.00. The van der Waals surface area contributed by atoms with E-state index in [2.05, 4.69) is 55.4 Å². The van der Waals surface area contributed by atoms with Crippen molar-refractivity contribution in [3.8, 4) is 0 Å². The van der Waals surface area contributed by atoms with Gasteiger partial charge in [0.25, 0.3) is 0 Å². The van der Waals surface area contributed by atoms with Gasteiger partial charge in [0.1, 0.15) is 0 Å². The van der Waals surface area contributed by atoms with Crippen LogP contribution in [0.4, 0.5) is 0 Å². The SMILES string of the molecule is CCCCC(C)(CC(C)CCC)OC(C)(CCCC)CC(C)CCC. The van der Waals surface area contributed by atoms with Crippen LogP contribution in [0.5, 0.6) is 0 Å². The zero-order valence-corrected chi connectivity index (χ0v) is 19.0. The Balaban J connectivity index is 5.18. The highest BCUT2D eigenvalue weighted by atomic mass is 16.5. The van der Waals surface area contributed by atoms with Gasteiger partial charge in [-0.25, -0.2) is 0 Å². The third kappa shape index (κ3) is 11.3. The molecule has 1 heteroatoms. The Morgan fingerprint density at radius 3 is 1.28 bits per heavy atom. The molecular weight excluding hydrogens is 304 g/mol. The van der Waals surface area contributed by atoms with Gasteiger partial charge >= 0.3 is 0 Å². The van der Waals surface area contributed by atoms with Crippen molar-refractivity contribution in [1.29, 1.82) is 0 Å². The molecule has 0 aliphatic rings. The second kappa shape index (κ2) is 13.2. The van der Waals surface area contributed by atoms with Crippen molar-refractivity contribution in [2.75, 3.05) is 0 Å². The van der Waals surface area contributed by atoms with E-state index in [4.69, 9.17) is 4.74 Å². The van der Waals surface area contributed by atoms with E-state index in [0.717, 1.165) is 11.8 Å². The third-order valence-electron chi connectivity index (χ3n) is 5.73. The largest absolute Gasteiger partial charge is 0.369 e. The molecule has 0 radical (unpaired) electrons.